The lowest BCUT2D eigenvalue weighted by Crippen LogP contribution is -2.47. The van der Waals surface area contributed by atoms with Gasteiger partial charge in [-0.2, -0.15) is 0 Å². The van der Waals surface area contributed by atoms with Gasteiger partial charge >= 0.3 is 6.09 Å². The van der Waals surface area contributed by atoms with E-state index in [1.54, 1.807) is 19.1 Å². The number of nitrogens with one attached hydrogen (secondary N) is 1. The number of aromatic nitrogens is 1. The molecule has 54 heavy (non-hydrogen) atoms. The number of ether oxygens (including phenoxy) is 6. The highest BCUT2D eigenvalue weighted by Gasteiger charge is 2.36. The number of hydrogen-bond acceptors (Lipinski definition) is 7. The average Bonchev–Trinajstić information content (AvgIpc) is 3.60. The van der Waals surface area contributed by atoms with Crippen molar-refractivity contribution in [1.29, 1.82) is 0 Å². The molecule has 1 N–H and O–H groups in total. The van der Waals surface area contributed by atoms with E-state index in [0.29, 0.717) is 39.5 Å². The molecule has 3 atom stereocenters. The second-order valence-corrected chi connectivity index (χ2v) is 14.5. The van der Waals surface area contributed by atoms with Gasteiger partial charge < -0.3 is 38.3 Å². The van der Waals surface area contributed by atoms with Crippen LogP contribution in [0.25, 0.3) is 10.9 Å². The number of amides is 1. The largest absolute Gasteiger partial charge is 0.496 e. The third kappa shape index (κ3) is 10.4. The van der Waals surface area contributed by atoms with Crippen molar-refractivity contribution >= 4 is 32.9 Å². The zero-order valence-electron chi connectivity index (χ0n) is 31.4. The summed E-state index contributed by atoms with van der Waals surface area (Å²) in [5, 5.41) is 1.14. The van der Waals surface area contributed by atoms with Crippen molar-refractivity contribution in [1.82, 2.24) is 9.88 Å². The number of halogens is 1. The Balaban J connectivity index is 1.14. The second kappa shape index (κ2) is 19.8. The van der Waals surface area contributed by atoms with Gasteiger partial charge in [0.15, 0.2) is 0 Å². The van der Waals surface area contributed by atoms with Crippen LogP contribution in [0.2, 0.25) is 0 Å². The van der Waals surface area contributed by atoms with Gasteiger partial charge in [0.25, 0.3) is 0 Å². The fraction of sp³-hybridized carbons (Fsp3) is 0.386. The standard InChI is InChI=1S/C44H51BrN2O7/c1-31-27-34-18-21-38(42(45)43(34)46-31)40(15-9-24-49-2)54-41-28-47(44(48)53-29-32-11-5-4-6-12-32)23-22-37(41)33-16-19-36(20-17-33)52-26-10-25-51-30-35-13-7-8-14-39(35)50-3/h4-8,11-14,16-21,27,37,40-41,46H,9-10,15,22-26,28-30H2,1-3H3. The summed E-state index contributed by atoms with van der Waals surface area (Å²) in [5.74, 6) is 1.69. The summed E-state index contributed by atoms with van der Waals surface area (Å²) in [7, 11) is 3.39. The molecule has 0 spiro atoms. The third-order valence-electron chi connectivity index (χ3n) is 9.88. The van der Waals surface area contributed by atoms with Gasteiger partial charge in [0.05, 0.1) is 51.2 Å². The van der Waals surface area contributed by atoms with Crippen molar-refractivity contribution in [2.45, 2.75) is 63.9 Å². The molecular weight excluding hydrogens is 748 g/mol. The molecule has 4 aromatic carbocycles. The smallest absolute Gasteiger partial charge is 0.410 e. The number of H-pyrrole nitrogens is 1. The van der Waals surface area contributed by atoms with Crippen molar-refractivity contribution in [3.8, 4) is 11.5 Å². The zero-order chi connectivity index (χ0) is 37.7. The summed E-state index contributed by atoms with van der Waals surface area (Å²) in [5.41, 5.74) is 6.35. The maximum Gasteiger partial charge on any atom is 0.410 e. The second-order valence-electron chi connectivity index (χ2n) is 13.7. The molecule has 5 aromatic rings. The Hall–Kier alpha value is -4.35. The van der Waals surface area contributed by atoms with Crippen LogP contribution >= 0.6 is 15.9 Å². The van der Waals surface area contributed by atoms with Gasteiger partial charge in [-0.05, 0) is 83.1 Å². The molecule has 10 heteroatoms. The first-order chi connectivity index (χ1) is 26.4. The molecule has 9 nitrogen and oxygen atoms in total. The Morgan fingerprint density at radius 2 is 1.70 bits per heavy atom. The molecule has 0 aliphatic carbocycles. The fourth-order valence-corrected chi connectivity index (χ4v) is 7.78. The number of piperidine rings is 1. The van der Waals surface area contributed by atoms with E-state index in [0.717, 1.165) is 80.5 Å². The number of carbonyl (C=O) groups excluding carboxylic acids is 1. The van der Waals surface area contributed by atoms with E-state index < -0.39 is 0 Å². The van der Waals surface area contributed by atoms with Crippen molar-refractivity contribution in [3.05, 3.63) is 129 Å². The molecular formula is C44H51BrN2O7. The number of carbonyl (C=O) groups is 1. The molecule has 1 amide bonds. The Morgan fingerprint density at radius 3 is 2.50 bits per heavy atom. The zero-order valence-corrected chi connectivity index (χ0v) is 33.0. The molecule has 0 radical (unpaired) electrons. The molecule has 6 rings (SSSR count). The van der Waals surface area contributed by atoms with E-state index in [-0.39, 0.29) is 30.8 Å². The van der Waals surface area contributed by atoms with Crippen molar-refractivity contribution < 1.29 is 33.2 Å². The summed E-state index contributed by atoms with van der Waals surface area (Å²) in [6.07, 6.45) is 2.23. The predicted molar refractivity (Wildman–Crippen MR) is 214 cm³/mol. The highest BCUT2D eigenvalue weighted by molar-refractivity contribution is 9.10. The van der Waals surface area contributed by atoms with Gasteiger partial charge in [-0.25, -0.2) is 4.79 Å². The lowest BCUT2D eigenvalue weighted by atomic mass is 9.86. The summed E-state index contributed by atoms with van der Waals surface area (Å²) in [6.45, 7) is 5.52. The van der Waals surface area contributed by atoms with E-state index in [1.165, 1.54) is 0 Å². The first kappa shape index (κ1) is 39.3. The molecule has 2 heterocycles. The summed E-state index contributed by atoms with van der Waals surface area (Å²) in [4.78, 5) is 18.7. The van der Waals surface area contributed by atoms with Crippen LogP contribution in [0.5, 0.6) is 11.5 Å². The highest BCUT2D eigenvalue weighted by Crippen LogP contribution is 2.40. The summed E-state index contributed by atoms with van der Waals surface area (Å²) >= 11 is 3.91. The molecule has 1 aliphatic rings. The molecule has 0 saturated carbocycles. The monoisotopic (exact) mass is 798 g/mol. The van der Waals surface area contributed by atoms with Crippen LogP contribution in [0, 0.1) is 6.92 Å². The number of benzene rings is 4. The third-order valence-corrected chi connectivity index (χ3v) is 10.7. The van der Waals surface area contributed by atoms with Gasteiger partial charge in [-0.3, -0.25) is 0 Å². The molecule has 1 saturated heterocycles. The molecule has 0 bridgehead atoms. The molecule has 3 unspecified atom stereocenters. The first-order valence-corrected chi connectivity index (χ1v) is 19.5. The maximum absolute atomic E-state index is 13.4. The normalized spacial score (nSPS) is 16.3. The first-order valence-electron chi connectivity index (χ1n) is 18.7. The molecule has 286 valence electrons. The van der Waals surface area contributed by atoms with Crippen LogP contribution < -0.4 is 9.47 Å². The van der Waals surface area contributed by atoms with E-state index in [9.17, 15) is 4.79 Å². The number of methoxy groups -OCH3 is 2. The van der Waals surface area contributed by atoms with Gasteiger partial charge in [0.1, 0.15) is 18.1 Å². The van der Waals surface area contributed by atoms with Crippen LogP contribution in [-0.4, -0.2) is 69.2 Å². The number of hydrogen-bond donors (Lipinski definition) is 1. The lowest BCUT2D eigenvalue weighted by Gasteiger charge is -2.40. The van der Waals surface area contributed by atoms with E-state index in [1.807, 2.05) is 66.7 Å². The number of para-hydroxylation sites is 1. The molecule has 1 aliphatic heterocycles. The van der Waals surface area contributed by atoms with Gasteiger partial charge in [-0.1, -0.05) is 72.8 Å². The lowest BCUT2D eigenvalue weighted by molar-refractivity contribution is -0.0647. The minimum atomic E-state index is -0.332. The Kier molecular flexibility index (Phi) is 14.4. The van der Waals surface area contributed by atoms with Crippen LogP contribution in [-0.2, 0) is 32.2 Å². The van der Waals surface area contributed by atoms with Crippen molar-refractivity contribution in [2.24, 2.45) is 0 Å². The van der Waals surface area contributed by atoms with Crippen LogP contribution in [0.3, 0.4) is 0 Å². The van der Waals surface area contributed by atoms with E-state index in [4.69, 9.17) is 28.4 Å². The quantitative estimate of drug-likeness (QED) is 0.0883. The van der Waals surface area contributed by atoms with Crippen LogP contribution in [0.15, 0.2) is 102 Å². The Labute approximate surface area is 327 Å². The van der Waals surface area contributed by atoms with E-state index in [2.05, 4.69) is 58.2 Å². The van der Waals surface area contributed by atoms with Gasteiger partial charge in [0, 0.05) is 53.7 Å². The van der Waals surface area contributed by atoms with Crippen LogP contribution in [0.1, 0.15) is 65.7 Å². The number of aryl methyl sites for hydroxylation is 1. The highest BCUT2D eigenvalue weighted by atomic mass is 79.9. The van der Waals surface area contributed by atoms with Gasteiger partial charge in [-0.15, -0.1) is 0 Å². The van der Waals surface area contributed by atoms with Crippen molar-refractivity contribution in [3.63, 3.8) is 0 Å². The minimum Gasteiger partial charge on any atom is -0.496 e. The van der Waals surface area contributed by atoms with E-state index >= 15 is 0 Å². The maximum atomic E-state index is 13.4. The van der Waals surface area contributed by atoms with Crippen LogP contribution in [0.4, 0.5) is 4.79 Å². The summed E-state index contributed by atoms with van der Waals surface area (Å²) in [6, 6.07) is 32.4. The average molecular weight is 800 g/mol. The number of nitrogens with zero attached hydrogens (tertiary/aromatic N) is 1. The number of rotatable bonds is 18. The van der Waals surface area contributed by atoms with Gasteiger partial charge in [0.2, 0.25) is 0 Å². The molecule has 1 aromatic heterocycles. The Bertz CT molecular complexity index is 1920. The predicted octanol–water partition coefficient (Wildman–Crippen LogP) is 9.91. The van der Waals surface area contributed by atoms with Crippen molar-refractivity contribution in [2.75, 3.05) is 47.1 Å². The molecule has 1 fully saturated rings. The Morgan fingerprint density at radius 1 is 0.907 bits per heavy atom. The number of fused-ring (bicyclic) bond motifs is 1. The number of likely N-dealkylation sites (tertiary alicyclic amines) is 1. The topological polar surface area (TPSA) is 91.5 Å². The fourth-order valence-electron chi connectivity index (χ4n) is 7.07. The minimum absolute atomic E-state index is 0.0563. The number of aromatic amines is 1. The SMILES string of the molecule is COCCCC(OC1CN(C(=O)OCc2ccccc2)CCC1c1ccc(OCCCOCc2ccccc2OC)cc1)c1ccc2cc(C)[nH]c2c1Br. The summed E-state index contributed by atoms with van der Waals surface area (Å²) < 4.78 is 36.7.